The minimum Gasteiger partial charge on any atom is -0.497 e. The number of ether oxygens (including phenoxy) is 1. The van der Waals surface area contributed by atoms with E-state index >= 15 is 0 Å². The van der Waals surface area contributed by atoms with Crippen molar-refractivity contribution in [2.45, 2.75) is 13.8 Å². The number of rotatable bonds is 3. The van der Waals surface area contributed by atoms with Gasteiger partial charge in [-0.2, -0.15) is 0 Å². The summed E-state index contributed by atoms with van der Waals surface area (Å²) in [6.45, 7) is 7.77. The predicted molar refractivity (Wildman–Crippen MR) is 93.1 cm³/mol. The Kier molecular flexibility index (Phi) is 3.87. The maximum Gasteiger partial charge on any atom is 0.126 e. The highest BCUT2D eigenvalue weighted by Gasteiger charge is 2.13. The van der Waals surface area contributed by atoms with Crippen LogP contribution in [0.1, 0.15) is 18.1 Å². The molecule has 0 aliphatic rings. The zero-order valence-corrected chi connectivity index (χ0v) is 13.5. The summed E-state index contributed by atoms with van der Waals surface area (Å²) < 4.78 is 18.9. The van der Waals surface area contributed by atoms with Gasteiger partial charge in [0.1, 0.15) is 11.6 Å². The number of fused-ring (bicyclic) bond motifs is 1. The number of nitrogens with zero attached hydrogens (tertiary/aromatic N) is 1. The largest absolute Gasteiger partial charge is 0.497 e. The highest BCUT2D eigenvalue weighted by Crippen LogP contribution is 2.36. The van der Waals surface area contributed by atoms with Crippen molar-refractivity contribution in [3.05, 3.63) is 66.1 Å². The summed E-state index contributed by atoms with van der Waals surface area (Å²) in [6, 6.07) is 11.0. The highest BCUT2D eigenvalue weighted by molar-refractivity contribution is 6.00. The van der Waals surface area contributed by atoms with Gasteiger partial charge in [0, 0.05) is 28.8 Å². The molecule has 1 aromatic heterocycles. The second-order valence-electron chi connectivity index (χ2n) is 5.67. The SMILES string of the molecule is C=C(C)c1cnc2cc(OC)ccc2c1-c1ccc(F)c(C)c1. The smallest absolute Gasteiger partial charge is 0.126 e. The van der Waals surface area contributed by atoms with Crippen LogP contribution in [0, 0.1) is 12.7 Å². The average Bonchev–Trinajstić information content (AvgIpc) is 2.55. The maximum absolute atomic E-state index is 13.6. The lowest BCUT2D eigenvalue weighted by atomic mass is 9.92. The molecule has 3 rings (SSSR count). The molecule has 0 saturated carbocycles. The summed E-state index contributed by atoms with van der Waals surface area (Å²) >= 11 is 0. The monoisotopic (exact) mass is 307 g/mol. The quantitative estimate of drug-likeness (QED) is 0.647. The molecule has 116 valence electrons. The molecule has 0 N–H and O–H groups in total. The fraction of sp³-hybridized carbons (Fsp3) is 0.150. The molecule has 3 heteroatoms. The van der Waals surface area contributed by atoms with Crippen molar-refractivity contribution in [2.24, 2.45) is 0 Å². The number of methoxy groups -OCH3 is 1. The molecule has 0 aliphatic heterocycles. The van der Waals surface area contributed by atoms with E-state index in [1.54, 1.807) is 20.1 Å². The van der Waals surface area contributed by atoms with Gasteiger partial charge in [-0.05, 0) is 54.8 Å². The normalized spacial score (nSPS) is 10.8. The van der Waals surface area contributed by atoms with Crippen molar-refractivity contribution < 1.29 is 9.13 Å². The van der Waals surface area contributed by atoms with Crippen molar-refractivity contribution in [3.8, 4) is 16.9 Å². The number of allylic oxidation sites excluding steroid dienone is 1. The van der Waals surface area contributed by atoms with Crippen molar-refractivity contribution in [3.63, 3.8) is 0 Å². The minimum atomic E-state index is -0.203. The Morgan fingerprint density at radius 3 is 2.61 bits per heavy atom. The minimum absolute atomic E-state index is 0.203. The molecule has 0 aliphatic carbocycles. The number of benzene rings is 2. The topological polar surface area (TPSA) is 22.1 Å². The van der Waals surface area contributed by atoms with Gasteiger partial charge in [-0.15, -0.1) is 0 Å². The van der Waals surface area contributed by atoms with E-state index in [0.29, 0.717) is 5.56 Å². The molecule has 0 saturated heterocycles. The molecule has 0 radical (unpaired) electrons. The molecular weight excluding hydrogens is 289 g/mol. The van der Waals surface area contributed by atoms with Gasteiger partial charge < -0.3 is 4.74 Å². The molecule has 2 nitrogen and oxygen atoms in total. The maximum atomic E-state index is 13.6. The number of halogens is 1. The van der Waals surface area contributed by atoms with Gasteiger partial charge in [0.15, 0.2) is 0 Å². The Hall–Kier alpha value is -2.68. The van der Waals surface area contributed by atoms with Crippen LogP contribution in [0.25, 0.3) is 27.6 Å². The zero-order valence-electron chi connectivity index (χ0n) is 13.5. The van der Waals surface area contributed by atoms with Crippen LogP contribution in [0.3, 0.4) is 0 Å². The van der Waals surface area contributed by atoms with E-state index in [4.69, 9.17) is 4.74 Å². The van der Waals surface area contributed by atoms with E-state index < -0.39 is 0 Å². The molecule has 0 atom stereocenters. The molecule has 0 unspecified atom stereocenters. The number of aryl methyl sites for hydroxylation is 1. The Balaban J connectivity index is 2.36. The van der Waals surface area contributed by atoms with E-state index in [0.717, 1.165) is 38.9 Å². The second-order valence-corrected chi connectivity index (χ2v) is 5.67. The van der Waals surface area contributed by atoms with Gasteiger partial charge in [-0.1, -0.05) is 12.6 Å². The van der Waals surface area contributed by atoms with Crippen LogP contribution in [-0.4, -0.2) is 12.1 Å². The Morgan fingerprint density at radius 1 is 1.17 bits per heavy atom. The standard InChI is InChI=1S/C20H18FNO/c1-12(2)17-11-22-19-10-15(23-4)6-7-16(19)20(17)14-5-8-18(21)13(3)9-14/h5-11H,1H2,2-4H3. The van der Waals surface area contributed by atoms with Gasteiger partial charge in [0.05, 0.1) is 12.6 Å². The summed E-state index contributed by atoms with van der Waals surface area (Å²) in [6.07, 6.45) is 1.82. The number of hydrogen-bond acceptors (Lipinski definition) is 2. The molecule has 3 aromatic rings. The predicted octanol–water partition coefficient (Wildman–Crippen LogP) is 5.39. The molecule has 0 amide bonds. The summed E-state index contributed by atoms with van der Waals surface area (Å²) in [7, 11) is 1.63. The van der Waals surface area contributed by atoms with E-state index in [2.05, 4.69) is 11.6 Å². The van der Waals surface area contributed by atoms with Gasteiger partial charge in [-0.25, -0.2) is 4.39 Å². The van der Waals surface area contributed by atoms with E-state index in [-0.39, 0.29) is 5.82 Å². The van der Waals surface area contributed by atoms with Crippen LogP contribution in [0.5, 0.6) is 5.75 Å². The first kappa shape index (κ1) is 15.2. The number of pyridine rings is 1. The third-order valence-electron chi connectivity index (χ3n) is 3.98. The number of aromatic nitrogens is 1. The van der Waals surface area contributed by atoms with Crippen LogP contribution < -0.4 is 4.74 Å². The van der Waals surface area contributed by atoms with Crippen LogP contribution >= 0.6 is 0 Å². The van der Waals surface area contributed by atoms with Crippen LogP contribution in [0.2, 0.25) is 0 Å². The molecule has 1 heterocycles. The Bertz CT molecular complexity index is 915. The summed E-state index contributed by atoms with van der Waals surface area (Å²) in [5.74, 6) is 0.556. The van der Waals surface area contributed by atoms with Crippen LogP contribution in [0.15, 0.2) is 49.2 Å². The third kappa shape index (κ3) is 2.70. The first-order valence-corrected chi connectivity index (χ1v) is 7.40. The summed E-state index contributed by atoms with van der Waals surface area (Å²) in [5, 5.41) is 0.998. The Morgan fingerprint density at radius 2 is 1.96 bits per heavy atom. The molecule has 0 bridgehead atoms. The van der Waals surface area contributed by atoms with Gasteiger partial charge >= 0.3 is 0 Å². The molecule has 0 spiro atoms. The van der Waals surface area contributed by atoms with E-state index in [1.807, 2.05) is 37.4 Å². The first-order valence-electron chi connectivity index (χ1n) is 7.40. The van der Waals surface area contributed by atoms with Crippen LogP contribution in [-0.2, 0) is 0 Å². The molecule has 2 aromatic carbocycles. The Labute approximate surface area is 135 Å². The van der Waals surface area contributed by atoms with Crippen LogP contribution in [0.4, 0.5) is 4.39 Å². The van der Waals surface area contributed by atoms with Crippen molar-refractivity contribution in [2.75, 3.05) is 7.11 Å². The van der Waals surface area contributed by atoms with Crippen molar-refractivity contribution in [1.29, 1.82) is 0 Å². The lowest BCUT2D eigenvalue weighted by Crippen LogP contribution is -1.94. The molecule has 0 fully saturated rings. The summed E-state index contributed by atoms with van der Waals surface area (Å²) in [4.78, 5) is 4.52. The lowest BCUT2D eigenvalue weighted by Gasteiger charge is -2.14. The molecule has 23 heavy (non-hydrogen) atoms. The van der Waals surface area contributed by atoms with Gasteiger partial charge in [-0.3, -0.25) is 4.98 Å². The average molecular weight is 307 g/mol. The lowest BCUT2D eigenvalue weighted by molar-refractivity contribution is 0.415. The van der Waals surface area contributed by atoms with Gasteiger partial charge in [0.2, 0.25) is 0 Å². The highest BCUT2D eigenvalue weighted by atomic mass is 19.1. The van der Waals surface area contributed by atoms with Crippen molar-refractivity contribution >= 4 is 16.5 Å². The van der Waals surface area contributed by atoms with E-state index in [9.17, 15) is 4.39 Å². The molecular formula is C20H18FNO. The zero-order chi connectivity index (χ0) is 16.6. The van der Waals surface area contributed by atoms with E-state index in [1.165, 1.54) is 6.07 Å². The number of hydrogen-bond donors (Lipinski definition) is 0. The first-order chi connectivity index (χ1) is 11.0. The van der Waals surface area contributed by atoms with Gasteiger partial charge in [0.25, 0.3) is 0 Å². The third-order valence-corrected chi connectivity index (χ3v) is 3.98. The fourth-order valence-corrected chi connectivity index (χ4v) is 2.74. The summed E-state index contributed by atoms with van der Waals surface area (Å²) in [5.41, 5.74) is 5.33. The fourth-order valence-electron chi connectivity index (χ4n) is 2.74. The second kappa shape index (κ2) is 5.84. The van der Waals surface area contributed by atoms with Crippen molar-refractivity contribution in [1.82, 2.24) is 4.98 Å².